The van der Waals surface area contributed by atoms with E-state index >= 15 is 0 Å². The maximum absolute atomic E-state index is 12.3. The van der Waals surface area contributed by atoms with Crippen molar-refractivity contribution in [2.75, 3.05) is 6.54 Å². The molecule has 0 aliphatic heterocycles. The number of rotatable bonds is 5. The minimum absolute atomic E-state index is 0.188. The van der Waals surface area contributed by atoms with Gasteiger partial charge in [-0.1, -0.05) is 23.8 Å². The molecule has 0 spiro atoms. The summed E-state index contributed by atoms with van der Waals surface area (Å²) in [4.78, 5) is 12.3. The number of nitrogens with one attached hydrogen (secondary N) is 1. The summed E-state index contributed by atoms with van der Waals surface area (Å²) in [5.41, 5.74) is 4.04. The van der Waals surface area contributed by atoms with E-state index < -0.39 is 0 Å². The van der Waals surface area contributed by atoms with Crippen LogP contribution in [0.5, 0.6) is 0 Å². The van der Waals surface area contributed by atoms with Gasteiger partial charge in [0.15, 0.2) is 5.76 Å². The number of carbonyl (C=O) groups is 1. The summed E-state index contributed by atoms with van der Waals surface area (Å²) in [6.45, 7) is 2.57. The molecule has 2 aromatic heterocycles. The zero-order valence-corrected chi connectivity index (χ0v) is 14.5. The molecular formula is C21H19N3O2. The molecule has 26 heavy (non-hydrogen) atoms. The van der Waals surface area contributed by atoms with Crippen LogP contribution in [0.25, 0.3) is 16.7 Å². The second kappa shape index (κ2) is 6.88. The molecule has 0 fully saturated rings. The lowest BCUT2D eigenvalue weighted by molar-refractivity contribution is 0.0928. The molecule has 5 heteroatoms. The number of carbonyl (C=O) groups excluding carboxylic acids is 1. The molecule has 1 N–H and O–H groups in total. The second-order valence-corrected chi connectivity index (χ2v) is 6.27. The van der Waals surface area contributed by atoms with Crippen LogP contribution >= 0.6 is 0 Å². The molecule has 2 aromatic carbocycles. The van der Waals surface area contributed by atoms with E-state index in [1.165, 1.54) is 0 Å². The van der Waals surface area contributed by atoms with Gasteiger partial charge in [0.25, 0.3) is 5.91 Å². The average Bonchev–Trinajstić information content (AvgIpc) is 3.31. The summed E-state index contributed by atoms with van der Waals surface area (Å²) in [6, 6.07) is 17.7. The summed E-state index contributed by atoms with van der Waals surface area (Å²) >= 11 is 0. The van der Waals surface area contributed by atoms with Crippen molar-refractivity contribution in [1.29, 1.82) is 0 Å². The fourth-order valence-electron chi connectivity index (χ4n) is 2.92. The van der Waals surface area contributed by atoms with Gasteiger partial charge in [-0.05, 0) is 55.3 Å². The van der Waals surface area contributed by atoms with Crippen molar-refractivity contribution >= 4 is 16.9 Å². The highest BCUT2D eigenvalue weighted by Gasteiger charge is 2.11. The molecule has 0 atom stereocenters. The van der Waals surface area contributed by atoms with E-state index in [0.717, 1.165) is 34.2 Å². The van der Waals surface area contributed by atoms with Crippen molar-refractivity contribution in [3.05, 3.63) is 83.9 Å². The highest BCUT2D eigenvalue weighted by molar-refractivity contribution is 5.96. The number of amides is 1. The third-order valence-corrected chi connectivity index (χ3v) is 4.30. The van der Waals surface area contributed by atoms with Crippen molar-refractivity contribution in [3.8, 4) is 5.69 Å². The van der Waals surface area contributed by atoms with E-state index in [4.69, 9.17) is 4.42 Å². The first-order chi connectivity index (χ1) is 12.7. The molecule has 0 saturated carbocycles. The number of hydrogen-bond acceptors (Lipinski definition) is 3. The van der Waals surface area contributed by atoms with E-state index in [0.29, 0.717) is 12.3 Å². The first-order valence-electron chi connectivity index (χ1n) is 8.56. The van der Waals surface area contributed by atoms with Gasteiger partial charge in [-0.3, -0.25) is 4.79 Å². The SMILES string of the molecule is Cc1ccc2oc(C(=O)NCCc3ccc(-n4cccn4)cc3)cc2c1. The zero-order chi connectivity index (χ0) is 17.9. The van der Waals surface area contributed by atoms with Crippen LogP contribution in [-0.4, -0.2) is 22.2 Å². The van der Waals surface area contributed by atoms with Crippen LogP contribution in [0.3, 0.4) is 0 Å². The highest BCUT2D eigenvalue weighted by atomic mass is 16.3. The lowest BCUT2D eigenvalue weighted by Gasteiger charge is -2.05. The fourth-order valence-corrected chi connectivity index (χ4v) is 2.92. The van der Waals surface area contributed by atoms with Gasteiger partial charge >= 0.3 is 0 Å². The van der Waals surface area contributed by atoms with Crippen molar-refractivity contribution < 1.29 is 9.21 Å². The molecule has 2 heterocycles. The van der Waals surface area contributed by atoms with Gasteiger partial charge in [0.2, 0.25) is 0 Å². The Morgan fingerprint density at radius 3 is 2.77 bits per heavy atom. The lowest BCUT2D eigenvalue weighted by Crippen LogP contribution is -2.25. The smallest absolute Gasteiger partial charge is 0.287 e. The molecule has 0 bridgehead atoms. The molecule has 0 radical (unpaired) electrons. The number of nitrogens with zero attached hydrogens (tertiary/aromatic N) is 2. The molecule has 130 valence electrons. The van der Waals surface area contributed by atoms with Crippen molar-refractivity contribution in [2.24, 2.45) is 0 Å². The summed E-state index contributed by atoms with van der Waals surface area (Å²) in [5.74, 6) is 0.159. The van der Waals surface area contributed by atoms with E-state index in [-0.39, 0.29) is 5.91 Å². The Morgan fingerprint density at radius 1 is 1.15 bits per heavy atom. The molecule has 0 saturated heterocycles. The summed E-state index contributed by atoms with van der Waals surface area (Å²) in [5, 5.41) is 8.07. The number of fused-ring (bicyclic) bond motifs is 1. The molecular weight excluding hydrogens is 326 g/mol. The second-order valence-electron chi connectivity index (χ2n) is 6.27. The largest absolute Gasteiger partial charge is 0.451 e. The van der Waals surface area contributed by atoms with Crippen LogP contribution in [-0.2, 0) is 6.42 Å². The predicted octanol–water partition coefficient (Wildman–Crippen LogP) is 3.90. The standard InChI is InChI=1S/C21H19N3O2/c1-15-3-8-19-17(13-15)14-20(26-19)21(25)22-11-9-16-4-6-18(7-5-16)24-12-2-10-23-24/h2-8,10,12-14H,9,11H2,1H3,(H,22,25). The Kier molecular flexibility index (Phi) is 4.27. The lowest BCUT2D eigenvalue weighted by atomic mass is 10.1. The minimum atomic E-state index is -0.188. The molecule has 1 amide bonds. The average molecular weight is 345 g/mol. The van der Waals surface area contributed by atoms with E-state index in [9.17, 15) is 4.79 Å². The Balaban J connectivity index is 1.35. The van der Waals surface area contributed by atoms with Gasteiger partial charge in [0.1, 0.15) is 5.58 Å². The van der Waals surface area contributed by atoms with Crippen LogP contribution in [0.1, 0.15) is 21.7 Å². The topological polar surface area (TPSA) is 60.1 Å². The van der Waals surface area contributed by atoms with Crippen LogP contribution in [0, 0.1) is 6.92 Å². The van der Waals surface area contributed by atoms with Crippen LogP contribution in [0.15, 0.2) is 71.4 Å². The van der Waals surface area contributed by atoms with Gasteiger partial charge in [-0.2, -0.15) is 5.10 Å². The molecule has 5 nitrogen and oxygen atoms in total. The Hall–Kier alpha value is -3.34. The van der Waals surface area contributed by atoms with Gasteiger partial charge < -0.3 is 9.73 Å². The predicted molar refractivity (Wildman–Crippen MR) is 101 cm³/mol. The number of aryl methyl sites for hydroxylation is 1. The number of hydrogen-bond donors (Lipinski definition) is 1. The Labute approximate surface area is 151 Å². The monoisotopic (exact) mass is 345 g/mol. The molecule has 0 aliphatic carbocycles. The number of furan rings is 1. The molecule has 0 aliphatic rings. The van der Waals surface area contributed by atoms with Crippen molar-refractivity contribution in [1.82, 2.24) is 15.1 Å². The highest BCUT2D eigenvalue weighted by Crippen LogP contribution is 2.20. The number of benzene rings is 2. The zero-order valence-electron chi connectivity index (χ0n) is 14.5. The van der Waals surface area contributed by atoms with Crippen molar-refractivity contribution in [3.63, 3.8) is 0 Å². The van der Waals surface area contributed by atoms with Crippen molar-refractivity contribution in [2.45, 2.75) is 13.3 Å². The fraction of sp³-hybridized carbons (Fsp3) is 0.143. The molecule has 4 aromatic rings. The van der Waals surface area contributed by atoms with Gasteiger partial charge in [-0.15, -0.1) is 0 Å². The number of aromatic nitrogens is 2. The molecule has 4 rings (SSSR count). The van der Waals surface area contributed by atoms with Gasteiger partial charge in [-0.25, -0.2) is 4.68 Å². The van der Waals surface area contributed by atoms with Crippen LogP contribution < -0.4 is 5.32 Å². The first kappa shape index (κ1) is 16.1. The van der Waals surface area contributed by atoms with E-state index in [2.05, 4.69) is 10.4 Å². The summed E-state index contributed by atoms with van der Waals surface area (Å²) < 4.78 is 7.44. The maximum atomic E-state index is 12.3. The Bertz CT molecular complexity index is 1030. The van der Waals surface area contributed by atoms with Crippen LogP contribution in [0.4, 0.5) is 0 Å². The third-order valence-electron chi connectivity index (χ3n) is 4.30. The van der Waals surface area contributed by atoms with E-state index in [1.54, 1.807) is 12.3 Å². The maximum Gasteiger partial charge on any atom is 0.287 e. The summed E-state index contributed by atoms with van der Waals surface area (Å²) in [7, 11) is 0. The third kappa shape index (κ3) is 3.37. The van der Waals surface area contributed by atoms with Gasteiger partial charge in [0.05, 0.1) is 5.69 Å². The summed E-state index contributed by atoms with van der Waals surface area (Å²) in [6.07, 6.45) is 4.41. The van der Waals surface area contributed by atoms with Crippen LogP contribution in [0.2, 0.25) is 0 Å². The van der Waals surface area contributed by atoms with E-state index in [1.807, 2.05) is 66.3 Å². The quantitative estimate of drug-likeness (QED) is 0.597. The first-order valence-corrected chi connectivity index (χ1v) is 8.56. The Morgan fingerprint density at radius 2 is 2.00 bits per heavy atom. The molecule has 0 unspecified atom stereocenters. The normalized spacial score (nSPS) is 11.0. The minimum Gasteiger partial charge on any atom is -0.451 e. The van der Waals surface area contributed by atoms with Gasteiger partial charge in [0, 0.05) is 24.3 Å².